The second-order valence-electron chi connectivity index (χ2n) is 7.88. The van der Waals surface area contributed by atoms with Crippen LogP contribution in [0.3, 0.4) is 0 Å². The predicted molar refractivity (Wildman–Crippen MR) is 111 cm³/mol. The third kappa shape index (κ3) is 3.43. The van der Waals surface area contributed by atoms with Crippen molar-refractivity contribution in [3.8, 4) is 23.0 Å². The van der Waals surface area contributed by atoms with E-state index in [1.54, 1.807) is 38.5 Å². The lowest BCUT2D eigenvalue weighted by Crippen LogP contribution is -2.21. The molecule has 0 fully saturated rings. The molecule has 0 bridgehead atoms. The van der Waals surface area contributed by atoms with Gasteiger partial charge in [-0.05, 0) is 36.6 Å². The Bertz CT molecular complexity index is 1050. The molecular formula is C24H24O6. The monoisotopic (exact) mass is 408 g/mol. The summed E-state index contributed by atoms with van der Waals surface area (Å²) < 4.78 is 22.3. The van der Waals surface area contributed by atoms with Crippen LogP contribution >= 0.6 is 0 Å². The summed E-state index contributed by atoms with van der Waals surface area (Å²) in [4.78, 5) is 25.1. The van der Waals surface area contributed by atoms with Crippen LogP contribution in [0.1, 0.15) is 54.1 Å². The van der Waals surface area contributed by atoms with Crippen molar-refractivity contribution in [1.82, 2.24) is 0 Å². The summed E-state index contributed by atoms with van der Waals surface area (Å²) in [5, 5.41) is 0. The van der Waals surface area contributed by atoms with Crippen molar-refractivity contribution in [2.75, 3.05) is 14.2 Å². The smallest absolute Gasteiger partial charge is 0.311 e. The molecule has 0 aromatic heterocycles. The van der Waals surface area contributed by atoms with Crippen molar-refractivity contribution in [2.45, 2.75) is 32.6 Å². The molecule has 0 spiro atoms. The topological polar surface area (TPSA) is 71.1 Å². The van der Waals surface area contributed by atoms with Crippen molar-refractivity contribution in [3.63, 3.8) is 0 Å². The molecule has 2 aliphatic heterocycles. The van der Waals surface area contributed by atoms with E-state index in [0.717, 1.165) is 12.0 Å². The molecule has 0 aliphatic carbocycles. The first-order chi connectivity index (χ1) is 14.4. The van der Waals surface area contributed by atoms with E-state index in [4.69, 9.17) is 18.9 Å². The first kappa shape index (κ1) is 20.0. The molecule has 2 aliphatic rings. The molecule has 2 aromatic carbocycles. The molecular weight excluding hydrogens is 384 g/mol. The number of hydrogen-bond acceptors (Lipinski definition) is 6. The maximum atomic E-state index is 13.1. The van der Waals surface area contributed by atoms with Gasteiger partial charge in [0, 0.05) is 17.0 Å². The van der Waals surface area contributed by atoms with Crippen molar-refractivity contribution < 1.29 is 28.5 Å². The summed E-state index contributed by atoms with van der Waals surface area (Å²) in [5.41, 5.74) is 1.95. The molecule has 0 saturated carbocycles. The Labute approximate surface area is 175 Å². The molecule has 0 radical (unpaired) electrons. The summed E-state index contributed by atoms with van der Waals surface area (Å²) in [6.07, 6.45) is 2.74. The van der Waals surface area contributed by atoms with Gasteiger partial charge in [0.15, 0.2) is 17.3 Å². The molecule has 30 heavy (non-hydrogen) atoms. The first-order valence-corrected chi connectivity index (χ1v) is 9.95. The Morgan fingerprint density at radius 2 is 1.90 bits per heavy atom. The number of fused-ring (bicyclic) bond motifs is 3. The van der Waals surface area contributed by atoms with Crippen LogP contribution in [0.15, 0.2) is 36.1 Å². The van der Waals surface area contributed by atoms with Crippen LogP contribution in [-0.4, -0.2) is 26.0 Å². The van der Waals surface area contributed by atoms with Gasteiger partial charge in [-0.2, -0.15) is 0 Å². The first-order valence-electron chi connectivity index (χ1n) is 9.95. The lowest BCUT2D eigenvalue weighted by Gasteiger charge is -2.27. The Morgan fingerprint density at radius 1 is 1.10 bits per heavy atom. The zero-order valence-corrected chi connectivity index (χ0v) is 17.5. The van der Waals surface area contributed by atoms with Crippen molar-refractivity contribution in [2.24, 2.45) is 5.92 Å². The minimum Gasteiger partial charge on any atom is -0.493 e. The van der Waals surface area contributed by atoms with Crippen LogP contribution < -0.4 is 18.9 Å². The summed E-state index contributed by atoms with van der Waals surface area (Å²) in [5.74, 6) is 2.13. The third-order valence-corrected chi connectivity index (χ3v) is 5.36. The largest absolute Gasteiger partial charge is 0.493 e. The predicted octanol–water partition coefficient (Wildman–Crippen LogP) is 4.76. The van der Waals surface area contributed by atoms with Crippen LogP contribution in [0.2, 0.25) is 0 Å². The summed E-state index contributed by atoms with van der Waals surface area (Å²) in [6.45, 7) is 4.21. The van der Waals surface area contributed by atoms with Crippen molar-refractivity contribution >= 4 is 17.8 Å². The summed E-state index contributed by atoms with van der Waals surface area (Å²) >= 11 is 0. The van der Waals surface area contributed by atoms with E-state index in [2.05, 4.69) is 13.8 Å². The number of methoxy groups -OCH3 is 2. The standard InChI is InChI=1S/C24H24O6/c1-13(2)10-15-12-20(25)29-17-9-8-16-22(26)19(30-24(16)21(15)17)11-14-6-5-7-18(27-3)23(14)28-4/h5-9,11,13,15H,10,12H2,1-4H3/b19-11-. The second-order valence-corrected chi connectivity index (χ2v) is 7.88. The Hall–Kier alpha value is -3.28. The zero-order valence-electron chi connectivity index (χ0n) is 17.5. The van der Waals surface area contributed by atoms with Gasteiger partial charge in [-0.1, -0.05) is 26.0 Å². The molecule has 2 aromatic rings. The van der Waals surface area contributed by atoms with Crippen LogP contribution in [0.5, 0.6) is 23.0 Å². The molecule has 0 amide bonds. The number of rotatable bonds is 5. The second kappa shape index (κ2) is 7.86. The number of Topliss-reactive ketones (excluding diaryl/α,β-unsaturated/α-hetero) is 1. The Balaban J connectivity index is 1.78. The van der Waals surface area contributed by atoms with E-state index < -0.39 is 0 Å². The van der Waals surface area contributed by atoms with E-state index in [0.29, 0.717) is 40.0 Å². The number of ketones is 1. The van der Waals surface area contributed by atoms with Gasteiger partial charge < -0.3 is 18.9 Å². The SMILES string of the molecule is COc1cccc(/C=C2\Oc3c(ccc4c3C(CC(C)C)CC(=O)O4)C2=O)c1OC. The fourth-order valence-corrected chi connectivity index (χ4v) is 4.13. The van der Waals surface area contributed by atoms with Crippen LogP contribution in [0.25, 0.3) is 6.08 Å². The van der Waals surface area contributed by atoms with E-state index >= 15 is 0 Å². The average Bonchev–Trinajstić information content (AvgIpc) is 3.02. The highest BCUT2D eigenvalue weighted by Gasteiger charge is 2.38. The highest BCUT2D eigenvalue weighted by Crippen LogP contribution is 2.48. The van der Waals surface area contributed by atoms with E-state index in [9.17, 15) is 9.59 Å². The number of allylic oxidation sites excluding steroid dienone is 1. The van der Waals surface area contributed by atoms with Gasteiger partial charge in [0.25, 0.3) is 0 Å². The molecule has 0 N–H and O–H groups in total. The number of hydrogen-bond donors (Lipinski definition) is 0. The number of ether oxygens (including phenoxy) is 4. The Kier molecular flexibility index (Phi) is 5.24. The molecule has 2 heterocycles. The summed E-state index contributed by atoms with van der Waals surface area (Å²) in [6, 6.07) is 8.78. The number of carbonyl (C=O) groups excluding carboxylic acids is 2. The number of carbonyl (C=O) groups is 2. The van der Waals surface area contributed by atoms with Gasteiger partial charge in [0.05, 0.1) is 26.2 Å². The maximum Gasteiger partial charge on any atom is 0.311 e. The van der Waals surface area contributed by atoms with Crippen LogP contribution in [0, 0.1) is 5.92 Å². The number of benzene rings is 2. The van der Waals surface area contributed by atoms with Gasteiger partial charge in [0.2, 0.25) is 5.78 Å². The number of para-hydroxylation sites is 1. The highest BCUT2D eigenvalue weighted by molar-refractivity contribution is 6.15. The lowest BCUT2D eigenvalue weighted by molar-refractivity contribution is -0.136. The van der Waals surface area contributed by atoms with Crippen molar-refractivity contribution in [1.29, 1.82) is 0 Å². The van der Waals surface area contributed by atoms with E-state index in [1.807, 2.05) is 12.1 Å². The van der Waals surface area contributed by atoms with Crippen molar-refractivity contribution in [3.05, 3.63) is 52.8 Å². The Morgan fingerprint density at radius 3 is 2.60 bits per heavy atom. The number of esters is 1. The summed E-state index contributed by atoms with van der Waals surface area (Å²) in [7, 11) is 3.11. The van der Waals surface area contributed by atoms with Gasteiger partial charge in [0.1, 0.15) is 11.5 Å². The lowest BCUT2D eigenvalue weighted by atomic mass is 9.84. The fraction of sp³-hybridized carbons (Fsp3) is 0.333. The van der Waals surface area contributed by atoms with Gasteiger partial charge in [-0.25, -0.2) is 0 Å². The molecule has 1 atom stereocenters. The highest BCUT2D eigenvalue weighted by atomic mass is 16.5. The van der Waals surface area contributed by atoms with Crippen LogP contribution in [-0.2, 0) is 4.79 Å². The molecule has 156 valence electrons. The average molecular weight is 408 g/mol. The minimum absolute atomic E-state index is 0.0466. The maximum absolute atomic E-state index is 13.1. The van der Waals surface area contributed by atoms with E-state index in [-0.39, 0.29) is 29.9 Å². The molecule has 4 rings (SSSR count). The quantitative estimate of drug-likeness (QED) is 0.404. The normalized spacial score (nSPS) is 18.7. The molecule has 6 nitrogen and oxygen atoms in total. The van der Waals surface area contributed by atoms with E-state index in [1.165, 1.54) is 0 Å². The van der Waals surface area contributed by atoms with Gasteiger partial charge in [-0.15, -0.1) is 0 Å². The molecule has 6 heteroatoms. The molecule has 1 unspecified atom stereocenters. The third-order valence-electron chi connectivity index (χ3n) is 5.36. The van der Waals surface area contributed by atoms with Crippen LogP contribution in [0.4, 0.5) is 0 Å². The molecule has 0 saturated heterocycles. The van der Waals surface area contributed by atoms with Gasteiger partial charge in [-0.3, -0.25) is 9.59 Å². The fourth-order valence-electron chi connectivity index (χ4n) is 4.13. The minimum atomic E-state index is -0.255. The zero-order chi connectivity index (χ0) is 21.4. The van der Waals surface area contributed by atoms with Gasteiger partial charge >= 0.3 is 5.97 Å².